The quantitative estimate of drug-likeness (QED) is 0.168. The van der Waals surface area contributed by atoms with Crippen LogP contribution >= 0.6 is 0 Å². The summed E-state index contributed by atoms with van der Waals surface area (Å²) in [6.07, 6.45) is 3.71. The van der Waals surface area contributed by atoms with E-state index in [-0.39, 0.29) is 5.41 Å². The second-order valence-corrected chi connectivity index (χ2v) is 17.2. The van der Waals surface area contributed by atoms with Crippen molar-refractivity contribution in [1.82, 2.24) is 15.0 Å². The molecule has 0 unspecified atom stereocenters. The number of hydrogen-bond acceptors (Lipinski definition) is 3. The van der Waals surface area contributed by atoms with Crippen LogP contribution in [0.15, 0.2) is 213 Å². The van der Waals surface area contributed by atoms with Crippen molar-refractivity contribution >= 4 is 32.3 Å². The highest BCUT2D eigenvalue weighted by Crippen LogP contribution is 2.52. The van der Waals surface area contributed by atoms with Gasteiger partial charge in [0.15, 0.2) is 5.82 Å². The van der Waals surface area contributed by atoms with Crippen LogP contribution < -0.4 is 0 Å². The van der Waals surface area contributed by atoms with Crippen LogP contribution in [0.2, 0.25) is 0 Å². The van der Waals surface area contributed by atoms with Crippen LogP contribution in [0.1, 0.15) is 25.0 Å². The third-order valence-electron chi connectivity index (χ3n) is 13.2. The molecular formula is C60H41N3. The van der Waals surface area contributed by atoms with E-state index in [1.165, 1.54) is 71.4 Å². The Labute approximate surface area is 367 Å². The highest BCUT2D eigenvalue weighted by Gasteiger charge is 2.36. The normalized spacial score (nSPS) is 12.7. The minimum Gasteiger partial charge on any atom is -0.264 e. The van der Waals surface area contributed by atoms with Gasteiger partial charge in [-0.2, -0.15) is 0 Å². The van der Waals surface area contributed by atoms with Gasteiger partial charge < -0.3 is 0 Å². The molecule has 11 aromatic rings. The second-order valence-electron chi connectivity index (χ2n) is 17.2. The first-order valence-electron chi connectivity index (χ1n) is 21.7. The van der Waals surface area contributed by atoms with E-state index in [2.05, 4.69) is 195 Å². The number of hydrogen-bond donors (Lipinski definition) is 0. The Bertz CT molecular complexity index is 3590. The van der Waals surface area contributed by atoms with Gasteiger partial charge in [-0.3, -0.25) is 4.98 Å². The molecule has 2 heterocycles. The van der Waals surface area contributed by atoms with Crippen LogP contribution in [0.4, 0.5) is 0 Å². The standard InChI is InChI=1S/C60H41N3/c1-60(2)54-31-26-41(35-53(54)58-45-20-7-6-14-38(45)25-32-55(58)60)44-27-28-50(47-22-9-8-21-46(44)47)51-29-30-52(49-24-11-10-23-48(49)51)57-36-56(62-59(63-57)39-15-4-3-5-16-39)42-18-12-17-40(34-42)43-19-13-33-61-37-43/h3-37H,1-2H3. The molecular weight excluding hydrogens is 763 g/mol. The summed E-state index contributed by atoms with van der Waals surface area (Å²) in [6, 6.07) is 72.4. The van der Waals surface area contributed by atoms with Crippen LogP contribution in [-0.2, 0) is 5.41 Å². The van der Waals surface area contributed by atoms with Gasteiger partial charge >= 0.3 is 0 Å². The Morgan fingerprint density at radius 1 is 0.349 bits per heavy atom. The smallest absolute Gasteiger partial charge is 0.160 e. The van der Waals surface area contributed by atoms with E-state index in [1.807, 2.05) is 30.5 Å². The highest BCUT2D eigenvalue weighted by atomic mass is 14.9. The molecule has 1 aliphatic rings. The fraction of sp³-hybridized carbons (Fsp3) is 0.0500. The van der Waals surface area contributed by atoms with Crippen molar-refractivity contribution in [3.05, 3.63) is 224 Å². The van der Waals surface area contributed by atoms with Gasteiger partial charge in [0.1, 0.15) is 0 Å². The Morgan fingerprint density at radius 3 is 1.68 bits per heavy atom. The molecule has 12 rings (SSSR count). The Kier molecular flexibility index (Phi) is 8.52. The SMILES string of the molecule is CC1(C)c2ccc(-c3ccc(-c4ccc(-c5cc(-c6cccc(-c7cccnc7)c6)nc(-c6ccccc6)n5)c5ccccc45)c4ccccc34)cc2-c2c1ccc1ccccc21. The van der Waals surface area contributed by atoms with Crippen LogP contribution in [0.25, 0.3) is 111 Å². The van der Waals surface area contributed by atoms with Crippen molar-refractivity contribution in [3.8, 4) is 78.4 Å². The largest absolute Gasteiger partial charge is 0.264 e. The molecule has 0 fully saturated rings. The number of fused-ring (bicyclic) bond motifs is 7. The zero-order valence-corrected chi connectivity index (χ0v) is 35.0. The topological polar surface area (TPSA) is 38.7 Å². The third kappa shape index (κ3) is 6.07. The van der Waals surface area contributed by atoms with Gasteiger partial charge in [-0.1, -0.05) is 190 Å². The molecule has 9 aromatic carbocycles. The monoisotopic (exact) mass is 803 g/mol. The molecule has 0 saturated heterocycles. The maximum absolute atomic E-state index is 5.27. The van der Waals surface area contributed by atoms with Crippen LogP contribution in [0.5, 0.6) is 0 Å². The second kappa shape index (κ2) is 14.6. The van der Waals surface area contributed by atoms with Crippen LogP contribution in [0, 0.1) is 0 Å². The summed E-state index contributed by atoms with van der Waals surface area (Å²) in [7, 11) is 0. The molecule has 296 valence electrons. The Morgan fingerprint density at radius 2 is 0.937 bits per heavy atom. The fourth-order valence-corrected chi connectivity index (χ4v) is 10.1. The van der Waals surface area contributed by atoms with Crippen molar-refractivity contribution < 1.29 is 0 Å². The number of aromatic nitrogens is 3. The van der Waals surface area contributed by atoms with Crippen molar-refractivity contribution in [3.63, 3.8) is 0 Å². The zero-order chi connectivity index (χ0) is 42.1. The fourth-order valence-electron chi connectivity index (χ4n) is 10.1. The van der Waals surface area contributed by atoms with E-state index in [0.717, 1.165) is 44.6 Å². The van der Waals surface area contributed by atoms with E-state index in [4.69, 9.17) is 9.97 Å². The average molecular weight is 804 g/mol. The van der Waals surface area contributed by atoms with Gasteiger partial charge in [-0.25, -0.2) is 9.97 Å². The number of nitrogens with zero attached hydrogens (tertiary/aromatic N) is 3. The van der Waals surface area contributed by atoms with E-state index in [0.29, 0.717) is 5.82 Å². The lowest BCUT2D eigenvalue weighted by Crippen LogP contribution is -2.14. The molecule has 0 atom stereocenters. The van der Waals surface area contributed by atoms with Crippen LogP contribution in [0.3, 0.4) is 0 Å². The molecule has 0 radical (unpaired) electrons. The summed E-state index contributed by atoms with van der Waals surface area (Å²) in [5.74, 6) is 0.691. The number of rotatable bonds is 6. The van der Waals surface area contributed by atoms with E-state index in [9.17, 15) is 0 Å². The molecule has 0 amide bonds. The summed E-state index contributed by atoms with van der Waals surface area (Å²) in [4.78, 5) is 14.8. The molecule has 0 N–H and O–H groups in total. The minimum absolute atomic E-state index is 0.0752. The molecule has 3 heteroatoms. The van der Waals surface area contributed by atoms with Crippen molar-refractivity contribution in [2.45, 2.75) is 19.3 Å². The lowest BCUT2D eigenvalue weighted by atomic mass is 9.81. The van der Waals surface area contributed by atoms with Gasteiger partial charge in [0.05, 0.1) is 11.4 Å². The van der Waals surface area contributed by atoms with Gasteiger partial charge in [0.25, 0.3) is 0 Å². The van der Waals surface area contributed by atoms with Crippen molar-refractivity contribution in [2.24, 2.45) is 0 Å². The molecule has 0 spiro atoms. The predicted molar refractivity (Wildman–Crippen MR) is 263 cm³/mol. The first-order chi connectivity index (χ1) is 31.0. The maximum Gasteiger partial charge on any atom is 0.160 e. The number of pyridine rings is 1. The molecule has 3 nitrogen and oxygen atoms in total. The van der Waals surface area contributed by atoms with E-state index >= 15 is 0 Å². The summed E-state index contributed by atoms with van der Waals surface area (Å²) in [5.41, 5.74) is 17.2. The van der Waals surface area contributed by atoms with Gasteiger partial charge in [-0.05, 0) is 107 Å². The van der Waals surface area contributed by atoms with Gasteiger partial charge in [-0.15, -0.1) is 0 Å². The lowest BCUT2D eigenvalue weighted by Gasteiger charge is -2.22. The van der Waals surface area contributed by atoms with Gasteiger partial charge in [0.2, 0.25) is 0 Å². The first-order valence-corrected chi connectivity index (χ1v) is 21.7. The third-order valence-corrected chi connectivity index (χ3v) is 13.2. The van der Waals surface area contributed by atoms with E-state index in [1.54, 1.807) is 6.20 Å². The molecule has 2 aromatic heterocycles. The Balaban J connectivity index is 0.996. The van der Waals surface area contributed by atoms with E-state index < -0.39 is 0 Å². The first kappa shape index (κ1) is 36.8. The Hall–Kier alpha value is -8.01. The minimum atomic E-state index is -0.0752. The van der Waals surface area contributed by atoms with Gasteiger partial charge in [0, 0.05) is 40.1 Å². The molecule has 63 heavy (non-hydrogen) atoms. The summed E-state index contributed by atoms with van der Waals surface area (Å²) in [6.45, 7) is 4.72. The average Bonchev–Trinajstić information content (AvgIpc) is 3.59. The predicted octanol–water partition coefficient (Wildman–Crippen LogP) is 15.6. The lowest BCUT2D eigenvalue weighted by molar-refractivity contribution is 0.661. The van der Waals surface area contributed by atoms with Crippen molar-refractivity contribution in [2.75, 3.05) is 0 Å². The summed E-state index contributed by atoms with van der Waals surface area (Å²) >= 11 is 0. The summed E-state index contributed by atoms with van der Waals surface area (Å²) < 4.78 is 0. The van der Waals surface area contributed by atoms with Crippen molar-refractivity contribution in [1.29, 1.82) is 0 Å². The number of benzene rings is 9. The molecule has 0 bridgehead atoms. The summed E-state index contributed by atoms with van der Waals surface area (Å²) in [5, 5.41) is 7.38. The molecule has 0 aliphatic heterocycles. The highest BCUT2D eigenvalue weighted by molar-refractivity contribution is 6.12. The zero-order valence-electron chi connectivity index (χ0n) is 35.0. The molecule has 0 saturated carbocycles. The maximum atomic E-state index is 5.27. The van der Waals surface area contributed by atoms with Crippen LogP contribution in [-0.4, -0.2) is 15.0 Å². The molecule has 1 aliphatic carbocycles.